The minimum Gasteiger partial charge on any atom is -0.507 e. The summed E-state index contributed by atoms with van der Waals surface area (Å²) in [5.41, 5.74) is 3.32. The summed E-state index contributed by atoms with van der Waals surface area (Å²) in [6.07, 6.45) is 8.43. The number of nitrogens with zero attached hydrogens (tertiary/aromatic N) is 2. The van der Waals surface area contributed by atoms with Gasteiger partial charge in [0.1, 0.15) is 17.6 Å². The number of fused-ring (bicyclic) bond motifs is 1. The van der Waals surface area contributed by atoms with E-state index in [-0.39, 0.29) is 17.2 Å². The number of likely N-dealkylation sites (tertiary alicyclic amines) is 1. The lowest BCUT2D eigenvalue weighted by atomic mass is 9.95. The number of hydrogen-bond acceptors (Lipinski definition) is 5. The van der Waals surface area contributed by atoms with Crippen LogP contribution in [-0.4, -0.2) is 21.5 Å². The molecule has 1 fully saturated rings. The molecule has 1 aliphatic rings. The molecule has 0 radical (unpaired) electrons. The summed E-state index contributed by atoms with van der Waals surface area (Å²) in [6.45, 7) is 1.40. The van der Waals surface area contributed by atoms with Crippen molar-refractivity contribution >= 4 is 22.6 Å². The average molecular weight is 447 g/mol. The van der Waals surface area contributed by atoms with Crippen molar-refractivity contribution in [1.82, 2.24) is 9.88 Å². The Labute approximate surface area is 190 Å². The van der Waals surface area contributed by atoms with E-state index in [0.717, 1.165) is 31.4 Å². The SMILES string of the molecule is O=c1c(-c2ccc(Cl)cc2)coc2c(CN3CCCC[C@H]3c3cccnc3)c(O)ccc12. The number of hydrogen-bond donors (Lipinski definition) is 1. The van der Waals surface area contributed by atoms with Gasteiger partial charge in [0.25, 0.3) is 0 Å². The van der Waals surface area contributed by atoms with Gasteiger partial charge in [-0.25, -0.2) is 0 Å². The molecule has 6 heteroatoms. The van der Waals surface area contributed by atoms with Crippen LogP contribution < -0.4 is 5.43 Å². The van der Waals surface area contributed by atoms with E-state index in [4.69, 9.17) is 16.0 Å². The number of benzene rings is 2. The first kappa shape index (κ1) is 20.7. The Balaban J connectivity index is 1.55. The van der Waals surface area contributed by atoms with Gasteiger partial charge >= 0.3 is 0 Å². The summed E-state index contributed by atoms with van der Waals surface area (Å²) in [5.74, 6) is 0.135. The molecule has 0 unspecified atom stereocenters. The standard InChI is InChI=1S/C26H23ClN2O3/c27-19-8-6-17(7-9-19)22-16-32-26-20(25(22)31)10-11-24(30)21(26)15-29-13-2-1-5-23(29)18-4-3-12-28-14-18/h3-4,6-12,14,16,23,30H,1-2,5,13,15H2/t23-/m0/s1. The van der Waals surface area contributed by atoms with Crippen molar-refractivity contribution in [2.24, 2.45) is 0 Å². The molecular weight excluding hydrogens is 424 g/mol. The quantitative estimate of drug-likeness (QED) is 0.420. The van der Waals surface area contributed by atoms with Crippen molar-refractivity contribution in [2.75, 3.05) is 6.54 Å². The van der Waals surface area contributed by atoms with Crippen molar-refractivity contribution in [3.63, 3.8) is 0 Å². The molecule has 162 valence electrons. The van der Waals surface area contributed by atoms with Crippen molar-refractivity contribution < 1.29 is 9.52 Å². The van der Waals surface area contributed by atoms with Crippen LogP contribution in [0.3, 0.4) is 0 Å². The Hall–Kier alpha value is -3.15. The molecule has 2 aromatic heterocycles. The molecule has 3 heterocycles. The van der Waals surface area contributed by atoms with Crippen molar-refractivity contribution in [1.29, 1.82) is 0 Å². The Bertz CT molecular complexity index is 1300. The molecule has 1 aliphatic heterocycles. The lowest BCUT2D eigenvalue weighted by Crippen LogP contribution is -2.33. The van der Waals surface area contributed by atoms with Gasteiger partial charge in [0, 0.05) is 30.0 Å². The van der Waals surface area contributed by atoms with Crippen LogP contribution in [0.4, 0.5) is 0 Å². The summed E-state index contributed by atoms with van der Waals surface area (Å²) in [5, 5.41) is 11.8. The minimum atomic E-state index is -0.128. The average Bonchev–Trinajstić information content (AvgIpc) is 2.83. The second-order valence-corrected chi connectivity index (χ2v) is 8.63. The highest BCUT2D eigenvalue weighted by Gasteiger charge is 2.26. The normalized spacial score (nSPS) is 17.0. The van der Waals surface area contributed by atoms with Gasteiger partial charge in [-0.15, -0.1) is 0 Å². The lowest BCUT2D eigenvalue weighted by molar-refractivity contribution is 0.139. The van der Waals surface area contributed by atoms with Gasteiger partial charge < -0.3 is 9.52 Å². The summed E-state index contributed by atoms with van der Waals surface area (Å²) < 4.78 is 5.97. The number of pyridine rings is 1. The molecule has 5 nitrogen and oxygen atoms in total. The molecule has 4 aromatic rings. The van der Waals surface area contributed by atoms with E-state index in [9.17, 15) is 9.90 Å². The topological polar surface area (TPSA) is 66.6 Å². The largest absolute Gasteiger partial charge is 0.507 e. The van der Waals surface area contributed by atoms with Crippen molar-refractivity contribution in [2.45, 2.75) is 31.8 Å². The summed E-state index contributed by atoms with van der Waals surface area (Å²) in [4.78, 5) is 19.9. The first-order valence-electron chi connectivity index (χ1n) is 10.8. The summed E-state index contributed by atoms with van der Waals surface area (Å²) >= 11 is 5.98. The van der Waals surface area contributed by atoms with Crippen LogP contribution in [0, 0.1) is 0 Å². The maximum atomic E-state index is 13.3. The second kappa shape index (κ2) is 8.77. The van der Waals surface area contributed by atoms with Gasteiger partial charge in [-0.1, -0.05) is 36.2 Å². The minimum absolute atomic E-state index is 0.128. The Kier molecular flexibility index (Phi) is 5.68. The van der Waals surface area contributed by atoms with E-state index in [2.05, 4.69) is 16.0 Å². The number of aromatic nitrogens is 1. The molecule has 1 saturated heterocycles. The fourth-order valence-corrected chi connectivity index (χ4v) is 4.69. The van der Waals surface area contributed by atoms with Crippen LogP contribution in [0.2, 0.25) is 5.02 Å². The zero-order valence-corrected chi connectivity index (χ0v) is 18.3. The molecule has 1 N–H and O–H groups in total. The van der Waals surface area contributed by atoms with E-state index in [1.807, 2.05) is 12.3 Å². The van der Waals surface area contributed by atoms with Gasteiger partial charge in [-0.05, 0) is 60.8 Å². The number of phenolic OH excluding ortho intramolecular Hbond substituents is 1. The van der Waals surface area contributed by atoms with Gasteiger partial charge in [-0.3, -0.25) is 14.7 Å². The molecule has 2 aromatic carbocycles. The van der Waals surface area contributed by atoms with Crippen LogP contribution in [0.5, 0.6) is 5.75 Å². The van der Waals surface area contributed by atoms with Gasteiger partial charge in [0.2, 0.25) is 5.43 Å². The molecule has 0 spiro atoms. The van der Waals surface area contributed by atoms with E-state index in [1.54, 1.807) is 42.6 Å². The first-order chi connectivity index (χ1) is 15.6. The highest BCUT2D eigenvalue weighted by atomic mass is 35.5. The van der Waals surface area contributed by atoms with Crippen LogP contribution in [0.15, 0.2) is 76.4 Å². The number of aromatic hydroxyl groups is 1. The summed E-state index contributed by atoms with van der Waals surface area (Å²) in [7, 11) is 0. The molecule has 5 rings (SSSR count). The maximum absolute atomic E-state index is 13.3. The van der Waals surface area contributed by atoms with E-state index in [0.29, 0.717) is 33.7 Å². The molecule has 0 aliphatic carbocycles. The number of rotatable bonds is 4. The van der Waals surface area contributed by atoms with Crippen LogP contribution in [0.1, 0.15) is 36.4 Å². The zero-order chi connectivity index (χ0) is 22.1. The number of phenols is 1. The summed E-state index contributed by atoms with van der Waals surface area (Å²) in [6, 6.07) is 14.6. The van der Waals surface area contributed by atoms with Crippen molar-refractivity contribution in [3.05, 3.63) is 93.6 Å². The first-order valence-corrected chi connectivity index (χ1v) is 11.2. The molecule has 1 atom stereocenters. The monoisotopic (exact) mass is 446 g/mol. The maximum Gasteiger partial charge on any atom is 0.200 e. The Morgan fingerprint density at radius 1 is 1.12 bits per heavy atom. The third kappa shape index (κ3) is 3.90. The fourth-order valence-electron chi connectivity index (χ4n) is 4.56. The highest BCUT2D eigenvalue weighted by Crippen LogP contribution is 2.35. The van der Waals surface area contributed by atoms with Crippen LogP contribution in [0.25, 0.3) is 22.1 Å². The lowest BCUT2D eigenvalue weighted by Gasteiger charge is -2.36. The third-order valence-electron chi connectivity index (χ3n) is 6.22. The van der Waals surface area contributed by atoms with Crippen LogP contribution >= 0.6 is 11.6 Å². The number of halogens is 1. The molecule has 32 heavy (non-hydrogen) atoms. The van der Waals surface area contributed by atoms with Gasteiger partial charge in [0.15, 0.2) is 0 Å². The third-order valence-corrected chi connectivity index (χ3v) is 6.47. The molecule has 0 saturated carbocycles. The smallest absolute Gasteiger partial charge is 0.200 e. The molecule has 0 bridgehead atoms. The Morgan fingerprint density at radius 2 is 1.97 bits per heavy atom. The fraction of sp³-hybridized carbons (Fsp3) is 0.231. The van der Waals surface area contributed by atoms with Gasteiger partial charge in [0.05, 0.1) is 16.5 Å². The molecule has 0 amide bonds. The Morgan fingerprint density at radius 3 is 2.75 bits per heavy atom. The zero-order valence-electron chi connectivity index (χ0n) is 17.5. The molecular formula is C26H23ClN2O3. The van der Waals surface area contributed by atoms with E-state index >= 15 is 0 Å². The second-order valence-electron chi connectivity index (χ2n) is 8.19. The highest BCUT2D eigenvalue weighted by molar-refractivity contribution is 6.30. The van der Waals surface area contributed by atoms with E-state index < -0.39 is 0 Å². The number of piperidine rings is 1. The van der Waals surface area contributed by atoms with Gasteiger partial charge in [-0.2, -0.15) is 0 Å². The van der Waals surface area contributed by atoms with E-state index in [1.165, 1.54) is 11.8 Å². The predicted octanol–water partition coefficient (Wildman–Crippen LogP) is 5.94. The predicted molar refractivity (Wildman–Crippen MR) is 126 cm³/mol. The van der Waals surface area contributed by atoms with Crippen molar-refractivity contribution in [3.8, 4) is 16.9 Å². The van der Waals surface area contributed by atoms with Crippen LogP contribution in [-0.2, 0) is 6.54 Å².